The molecule has 11 nitrogen and oxygen atoms in total. The maximum absolute atomic E-state index is 13.0. The van der Waals surface area contributed by atoms with E-state index in [-0.39, 0.29) is 18.5 Å². The predicted octanol–water partition coefficient (Wildman–Crippen LogP) is 16.2. The lowest BCUT2D eigenvalue weighted by atomic mass is 9.99. The molecule has 1 heterocycles. The van der Waals surface area contributed by atoms with Crippen LogP contribution < -0.4 is 5.32 Å². The molecule has 7 unspecified atom stereocenters. The van der Waals surface area contributed by atoms with Crippen LogP contribution in [0.4, 0.5) is 0 Å². The highest BCUT2D eigenvalue weighted by Crippen LogP contribution is 2.23. The largest absolute Gasteiger partial charge is 0.466 e. The molecule has 0 saturated carbocycles. The standard InChI is InChI=1S/C68H123NO10/c1-3-5-7-9-11-13-14-15-16-17-23-27-30-33-36-40-44-48-52-56-64(73)77-57-53-49-45-41-37-34-31-28-25-22-20-18-19-21-24-26-29-32-35-39-43-47-51-55-63(72)69-60(61(71)54-50-46-42-38-12-10-8-6-4-2)59-78-68-67(76)66(75)65(74)62(58-70)79-68/h12,15-16,18,20-21,24,38,50,54,60-62,65-68,70-71,74-76H,3-11,13-14,17,19,22-23,25-37,39-49,51-53,55-59H2,1-2H3,(H,69,72)/b16-15-,20-18-,24-21-,38-12+,54-50+. The highest BCUT2D eigenvalue weighted by Gasteiger charge is 2.44. The van der Waals surface area contributed by atoms with Gasteiger partial charge in [-0.05, 0) is 103 Å². The first-order valence-electron chi connectivity index (χ1n) is 33.1. The molecule has 0 radical (unpaired) electrons. The lowest BCUT2D eigenvalue weighted by molar-refractivity contribution is -0.302. The summed E-state index contributed by atoms with van der Waals surface area (Å²) in [5.41, 5.74) is 0. The van der Waals surface area contributed by atoms with Crippen LogP contribution in [-0.4, -0.2) is 100 Å². The molecule has 1 saturated heterocycles. The monoisotopic (exact) mass is 1110 g/mol. The first-order chi connectivity index (χ1) is 38.7. The first kappa shape index (κ1) is 74.4. The van der Waals surface area contributed by atoms with E-state index >= 15 is 0 Å². The van der Waals surface area contributed by atoms with E-state index in [1.165, 1.54) is 180 Å². The van der Waals surface area contributed by atoms with Gasteiger partial charge in [0.2, 0.25) is 5.91 Å². The Kier molecular flexibility index (Phi) is 53.8. The summed E-state index contributed by atoms with van der Waals surface area (Å²) in [7, 11) is 0. The molecule has 1 aliphatic rings. The number of aliphatic hydroxyl groups is 5. The van der Waals surface area contributed by atoms with E-state index in [1.807, 2.05) is 6.08 Å². The topological polar surface area (TPSA) is 175 Å². The first-order valence-corrected chi connectivity index (χ1v) is 33.1. The number of aliphatic hydroxyl groups excluding tert-OH is 5. The SMILES string of the molecule is CCCCC/C=C/CC/C=C/C(O)C(COC1OC(CO)C(O)C(O)C1O)NC(=O)CCCCCCCCC/C=C\C/C=C\CCCCCCCCCCCOC(=O)CCCCCCCCCCC/C=C\CCCCCCCC. The summed E-state index contributed by atoms with van der Waals surface area (Å²) in [4.78, 5) is 25.1. The van der Waals surface area contributed by atoms with Gasteiger partial charge in [-0.25, -0.2) is 0 Å². The highest BCUT2D eigenvalue weighted by atomic mass is 16.7. The van der Waals surface area contributed by atoms with Crippen molar-refractivity contribution < 1.29 is 49.3 Å². The Balaban J connectivity index is 1.98. The zero-order valence-corrected chi connectivity index (χ0v) is 50.8. The second-order valence-corrected chi connectivity index (χ2v) is 22.8. The summed E-state index contributed by atoms with van der Waals surface area (Å²) >= 11 is 0. The Hall–Kier alpha value is -2.64. The number of esters is 1. The van der Waals surface area contributed by atoms with Crippen molar-refractivity contribution in [2.45, 2.75) is 339 Å². The molecule has 1 rings (SSSR count). The average Bonchev–Trinajstić information content (AvgIpc) is 3.46. The third-order valence-corrected chi connectivity index (χ3v) is 15.3. The van der Waals surface area contributed by atoms with Crippen molar-refractivity contribution in [2.75, 3.05) is 19.8 Å². The molecule has 7 atom stereocenters. The van der Waals surface area contributed by atoms with Crippen molar-refractivity contribution in [3.05, 3.63) is 60.8 Å². The van der Waals surface area contributed by atoms with Gasteiger partial charge in [-0.15, -0.1) is 0 Å². The molecule has 0 spiro atoms. The summed E-state index contributed by atoms with van der Waals surface area (Å²) in [6.07, 6.45) is 65.0. The van der Waals surface area contributed by atoms with Gasteiger partial charge in [0.15, 0.2) is 6.29 Å². The number of ether oxygens (including phenoxy) is 3. The van der Waals surface area contributed by atoms with E-state index in [0.717, 1.165) is 89.9 Å². The Labute approximate surface area is 484 Å². The average molecular weight is 1110 g/mol. The van der Waals surface area contributed by atoms with E-state index in [0.29, 0.717) is 19.4 Å². The zero-order valence-electron chi connectivity index (χ0n) is 50.8. The Morgan fingerprint density at radius 2 is 0.861 bits per heavy atom. The molecule has 460 valence electrons. The van der Waals surface area contributed by atoms with Crippen LogP contribution in [0.2, 0.25) is 0 Å². The van der Waals surface area contributed by atoms with Gasteiger partial charge in [0.05, 0.1) is 32.0 Å². The quantitative estimate of drug-likeness (QED) is 0.0195. The zero-order chi connectivity index (χ0) is 57.3. The van der Waals surface area contributed by atoms with E-state index < -0.39 is 49.5 Å². The number of unbranched alkanes of at least 4 members (excludes halogenated alkanes) is 35. The molecule has 0 bridgehead atoms. The van der Waals surface area contributed by atoms with Gasteiger partial charge in [-0.2, -0.15) is 0 Å². The van der Waals surface area contributed by atoms with Crippen molar-refractivity contribution in [2.24, 2.45) is 0 Å². The van der Waals surface area contributed by atoms with Crippen LogP contribution in [0.5, 0.6) is 0 Å². The molecular formula is C68H123NO10. The summed E-state index contributed by atoms with van der Waals surface area (Å²) in [6.45, 7) is 4.26. The summed E-state index contributed by atoms with van der Waals surface area (Å²) < 4.78 is 16.7. The van der Waals surface area contributed by atoms with E-state index in [1.54, 1.807) is 6.08 Å². The van der Waals surface area contributed by atoms with Gasteiger partial charge in [0.1, 0.15) is 24.4 Å². The molecule has 1 fully saturated rings. The number of allylic oxidation sites excluding steroid dienone is 9. The van der Waals surface area contributed by atoms with Crippen LogP contribution in [0.3, 0.4) is 0 Å². The van der Waals surface area contributed by atoms with Crippen LogP contribution in [0.1, 0.15) is 296 Å². The Morgan fingerprint density at radius 3 is 1.35 bits per heavy atom. The number of rotatable bonds is 57. The molecule has 1 aliphatic heterocycles. The van der Waals surface area contributed by atoms with Gasteiger partial charge in [-0.3, -0.25) is 9.59 Å². The Bertz CT molecular complexity index is 1500. The van der Waals surface area contributed by atoms with Crippen LogP contribution in [0, 0.1) is 0 Å². The van der Waals surface area contributed by atoms with Crippen molar-refractivity contribution in [3.63, 3.8) is 0 Å². The second kappa shape index (κ2) is 57.2. The molecule has 0 aromatic rings. The molecular weight excluding hydrogens is 991 g/mol. The lowest BCUT2D eigenvalue weighted by Gasteiger charge is -2.40. The summed E-state index contributed by atoms with van der Waals surface area (Å²) in [5, 5.41) is 54.2. The van der Waals surface area contributed by atoms with Gasteiger partial charge in [0, 0.05) is 12.8 Å². The minimum absolute atomic E-state index is 0.00609. The number of hydrogen-bond acceptors (Lipinski definition) is 10. The molecule has 11 heteroatoms. The number of carbonyl (C=O) groups is 2. The van der Waals surface area contributed by atoms with Crippen LogP contribution >= 0.6 is 0 Å². The van der Waals surface area contributed by atoms with E-state index in [2.05, 4.69) is 67.8 Å². The van der Waals surface area contributed by atoms with Crippen LogP contribution in [-0.2, 0) is 23.8 Å². The third-order valence-electron chi connectivity index (χ3n) is 15.3. The predicted molar refractivity (Wildman–Crippen MR) is 329 cm³/mol. The molecule has 6 N–H and O–H groups in total. The number of amides is 1. The maximum atomic E-state index is 13.0. The lowest BCUT2D eigenvalue weighted by Crippen LogP contribution is -2.60. The minimum Gasteiger partial charge on any atom is -0.466 e. The van der Waals surface area contributed by atoms with Gasteiger partial charge in [-0.1, -0.05) is 242 Å². The van der Waals surface area contributed by atoms with Crippen molar-refractivity contribution >= 4 is 11.9 Å². The molecule has 79 heavy (non-hydrogen) atoms. The van der Waals surface area contributed by atoms with Crippen molar-refractivity contribution in [1.82, 2.24) is 5.32 Å². The fourth-order valence-electron chi connectivity index (χ4n) is 10.1. The normalized spacial score (nSPS) is 18.8. The van der Waals surface area contributed by atoms with E-state index in [9.17, 15) is 35.1 Å². The molecule has 1 amide bonds. The van der Waals surface area contributed by atoms with Gasteiger partial charge >= 0.3 is 5.97 Å². The maximum Gasteiger partial charge on any atom is 0.305 e. The Morgan fingerprint density at radius 1 is 0.468 bits per heavy atom. The summed E-state index contributed by atoms with van der Waals surface area (Å²) in [6, 6.07) is -0.835. The number of hydrogen-bond donors (Lipinski definition) is 6. The van der Waals surface area contributed by atoms with Crippen LogP contribution in [0.15, 0.2) is 60.8 Å². The highest BCUT2D eigenvalue weighted by molar-refractivity contribution is 5.76. The smallest absolute Gasteiger partial charge is 0.305 e. The minimum atomic E-state index is -1.58. The number of nitrogens with one attached hydrogen (secondary N) is 1. The fourth-order valence-corrected chi connectivity index (χ4v) is 10.1. The van der Waals surface area contributed by atoms with E-state index in [4.69, 9.17) is 14.2 Å². The van der Waals surface area contributed by atoms with Gasteiger partial charge in [0.25, 0.3) is 0 Å². The second-order valence-electron chi connectivity index (χ2n) is 22.8. The molecule has 0 aliphatic carbocycles. The fraction of sp³-hybridized carbons (Fsp3) is 0.824. The third kappa shape index (κ3) is 46.5. The molecule has 0 aromatic heterocycles. The van der Waals surface area contributed by atoms with Gasteiger partial charge < -0.3 is 45.1 Å². The van der Waals surface area contributed by atoms with Crippen molar-refractivity contribution in [1.29, 1.82) is 0 Å². The van der Waals surface area contributed by atoms with Crippen LogP contribution in [0.25, 0.3) is 0 Å². The summed E-state index contributed by atoms with van der Waals surface area (Å²) in [5.74, 6) is -0.212. The van der Waals surface area contributed by atoms with Crippen molar-refractivity contribution in [3.8, 4) is 0 Å². The number of carbonyl (C=O) groups excluding carboxylic acids is 2. The molecule has 0 aromatic carbocycles.